The molecule has 0 aromatic heterocycles. The monoisotopic (exact) mass is 401 g/mol. The summed E-state index contributed by atoms with van der Waals surface area (Å²) >= 11 is 1.84. The van der Waals surface area contributed by atoms with Crippen LogP contribution < -0.4 is 10.2 Å². The molecule has 1 saturated heterocycles. The van der Waals surface area contributed by atoms with Gasteiger partial charge in [-0.05, 0) is 36.8 Å². The van der Waals surface area contributed by atoms with Gasteiger partial charge in [0, 0.05) is 49.9 Å². The third-order valence-corrected chi connectivity index (χ3v) is 5.92. The van der Waals surface area contributed by atoms with E-state index in [4.69, 9.17) is 0 Å². The van der Waals surface area contributed by atoms with Gasteiger partial charge >= 0.3 is 0 Å². The number of benzene rings is 2. The van der Waals surface area contributed by atoms with Gasteiger partial charge < -0.3 is 10.2 Å². The number of rotatable bonds is 8. The summed E-state index contributed by atoms with van der Waals surface area (Å²) in [5.74, 6) is 1.77. The number of anilines is 1. The Hall–Kier alpha value is -2.05. The van der Waals surface area contributed by atoms with Gasteiger partial charge in [0.2, 0.25) is 5.91 Å². The van der Waals surface area contributed by atoms with Crippen molar-refractivity contribution in [1.29, 1.82) is 0 Å². The quantitative estimate of drug-likeness (QED) is 0.689. The molecule has 0 bridgehead atoms. The molecule has 3 rings (SSSR count). The van der Waals surface area contributed by atoms with E-state index >= 15 is 0 Å². The van der Waals surface area contributed by atoms with Crippen LogP contribution in [0.5, 0.6) is 0 Å². The highest BCUT2D eigenvalue weighted by molar-refractivity contribution is 7.98. The molecule has 4 nitrogen and oxygen atoms in total. The van der Waals surface area contributed by atoms with Crippen molar-refractivity contribution >= 4 is 23.4 Å². The lowest BCUT2D eigenvalue weighted by molar-refractivity contribution is -0.122. The molecule has 28 heavy (non-hydrogen) atoms. The molecule has 1 fully saturated rings. The molecule has 0 aliphatic carbocycles. The van der Waals surface area contributed by atoms with Crippen LogP contribution in [0.4, 0.5) is 10.1 Å². The molecule has 1 aliphatic rings. The number of aryl methyl sites for hydroxylation is 1. The van der Waals surface area contributed by atoms with E-state index in [-0.39, 0.29) is 11.7 Å². The normalized spacial score (nSPS) is 14.9. The maximum atomic E-state index is 13.0. The second-order valence-corrected chi connectivity index (χ2v) is 8.23. The number of nitrogens with one attached hydrogen (secondary N) is 1. The van der Waals surface area contributed by atoms with E-state index in [1.165, 1.54) is 23.3 Å². The molecule has 0 atom stereocenters. The Labute approximate surface area is 171 Å². The SMILES string of the molecule is Cc1ccc(CSCCNC(=O)CN2CCN(c3ccc(F)cc3)CC2)cc1. The molecule has 2 aromatic rings. The first kappa shape index (κ1) is 20.7. The van der Waals surface area contributed by atoms with E-state index in [1.54, 1.807) is 0 Å². The lowest BCUT2D eigenvalue weighted by atomic mass is 10.2. The summed E-state index contributed by atoms with van der Waals surface area (Å²) in [6, 6.07) is 15.2. The van der Waals surface area contributed by atoms with Crippen LogP contribution in [0.25, 0.3) is 0 Å². The summed E-state index contributed by atoms with van der Waals surface area (Å²) in [7, 11) is 0. The molecule has 1 aliphatic heterocycles. The van der Waals surface area contributed by atoms with Crippen LogP contribution in [0.1, 0.15) is 11.1 Å². The summed E-state index contributed by atoms with van der Waals surface area (Å²) in [6.45, 7) is 6.62. The fraction of sp³-hybridized carbons (Fsp3) is 0.409. The van der Waals surface area contributed by atoms with E-state index in [2.05, 4.69) is 46.3 Å². The van der Waals surface area contributed by atoms with Gasteiger partial charge in [-0.15, -0.1) is 0 Å². The summed E-state index contributed by atoms with van der Waals surface area (Å²) in [5, 5.41) is 3.02. The zero-order valence-corrected chi connectivity index (χ0v) is 17.2. The largest absolute Gasteiger partial charge is 0.369 e. The molecule has 1 N–H and O–H groups in total. The maximum absolute atomic E-state index is 13.0. The first-order valence-electron chi connectivity index (χ1n) is 9.73. The zero-order valence-electron chi connectivity index (χ0n) is 16.4. The van der Waals surface area contributed by atoms with Crippen molar-refractivity contribution in [2.24, 2.45) is 0 Å². The molecule has 150 valence electrons. The Kier molecular flexibility index (Phi) is 7.74. The number of amides is 1. The fourth-order valence-electron chi connectivity index (χ4n) is 3.21. The number of carbonyl (C=O) groups excluding carboxylic acids is 1. The molecule has 0 saturated carbocycles. The zero-order chi connectivity index (χ0) is 19.8. The van der Waals surface area contributed by atoms with Crippen molar-refractivity contribution < 1.29 is 9.18 Å². The van der Waals surface area contributed by atoms with E-state index < -0.39 is 0 Å². The van der Waals surface area contributed by atoms with Crippen molar-refractivity contribution in [3.05, 3.63) is 65.5 Å². The average molecular weight is 402 g/mol. The average Bonchev–Trinajstić information content (AvgIpc) is 2.70. The summed E-state index contributed by atoms with van der Waals surface area (Å²) in [5.41, 5.74) is 3.64. The Morgan fingerprint density at radius 3 is 2.39 bits per heavy atom. The smallest absolute Gasteiger partial charge is 0.234 e. The van der Waals surface area contributed by atoms with Gasteiger partial charge in [0.05, 0.1) is 6.54 Å². The predicted octanol–water partition coefficient (Wildman–Crippen LogP) is 3.31. The van der Waals surface area contributed by atoms with Crippen LogP contribution in [0, 0.1) is 12.7 Å². The topological polar surface area (TPSA) is 35.6 Å². The Morgan fingerprint density at radius 1 is 1.04 bits per heavy atom. The van der Waals surface area contributed by atoms with Gasteiger partial charge in [-0.25, -0.2) is 4.39 Å². The Balaban J connectivity index is 1.28. The Bertz CT molecular complexity index is 743. The van der Waals surface area contributed by atoms with Crippen LogP contribution in [0.2, 0.25) is 0 Å². The van der Waals surface area contributed by atoms with E-state index in [0.717, 1.165) is 43.4 Å². The molecule has 2 aromatic carbocycles. The molecular formula is C22H28FN3OS. The highest BCUT2D eigenvalue weighted by Crippen LogP contribution is 2.17. The second-order valence-electron chi connectivity index (χ2n) is 7.13. The summed E-state index contributed by atoms with van der Waals surface area (Å²) in [6.07, 6.45) is 0. The summed E-state index contributed by atoms with van der Waals surface area (Å²) < 4.78 is 13.0. The fourth-order valence-corrected chi connectivity index (χ4v) is 4.03. The summed E-state index contributed by atoms with van der Waals surface area (Å²) in [4.78, 5) is 16.6. The number of nitrogens with zero attached hydrogens (tertiary/aromatic N) is 2. The maximum Gasteiger partial charge on any atom is 0.234 e. The number of thioether (sulfide) groups is 1. The highest BCUT2D eigenvalue weighted by Gasteiger charge is 2.19. The number of hydrogen-bond acceptors (Lipinski definition) is 4. The van der Waals surface area contributed by atoms with Crippen molar-refractivity contribution in [2.75, 3.05) is 49.9 Å². The van der Waals surface area contributed by atoms with E-state index in [0.29, 0.717) is 13.1 Å². The minimum atomic E-state index is -0.212. The third-order valence-electron chi connectivity index (χ3n) is 4.89. The lowest BCUT2D eigenvalue weighted by Crippen LogP contribution is -2.49. The lowest BCUT2D eigenvalue weighted by Gasteiger charge is -2.35. The van der Waals surface area contributed by atoms with Crippen LogP contribution >= 0.6 is 11.8 Å². The molecule has 6 heteroatoms. The number of halogens is 1. The van der Waals surface area contributed by atoms with Gasteiger partial charge in [-0.3, -0.25) is 9.69 Å². The molecule has 0 unspecified atom stereocenters. The molecule has 0 radical (unpaired) electrons. The standard InChI is InChI=1S/C22H28FN3OS/c1-18-2-4-19(5-3-18)17-28-15-10-24-22(27)16-25-11-13-26(14-12-25)21-8-6-20(23)7-9-21/h2-9H,10-17H2,1H3,(H,24,27). The molecule has 0 spiro atoms. The van der Waals surface area contributed by atoms with E-state index in [1.807, 2.05) is 23.9 Å². The molecular weight excluding hydrogens is 373 g/mol. The van der Waals surface area contributed by atoms with Gasteiger partial charge in [0.25, 0.3) is 0 Å². The van der Waals surface area contributed by atoms with Crippen molar-refractivity contribution in [2.45, 2.75) is 12.7 Å². The predicted molar refractivity (Wildman–Crippen MR) is 115 cm³/mol. The Morgan fingerprint density at radius 2 is 1.71 bits per heavy atom. The minimum absolute atomic E-state index is 0.0890. The van der Waals surface area contributed by atoms with Crippen LogP contribution in [0.15, 0.2) is 48.5 Å². The first-order chi connectivity index (χ1) is 13.6. The van der Waals surface area contributed by atoms with Crippen LogP contribution in [-0.4, -0.2) is 55.8 Å². The highest BCUT2D eigenvalue weighted by atomic mass is 32.2. The van der Waals surface area contributed by atoms with Crippen molar-refractivity contribution in [1.82, 2.24) is 10.2 Å². The number of carbonyl (C=O) groups is 1. The second kappa shape index (κ2) is 10.5. The van der Waals surface area contributed by atoms with Crippen molar-refractivity contribution in [3.8, 4) is 0 Å². The van der Waals surface area contributed by atoms with Gasteiger partial charge in [-0.2, -0.15) is 11.8 Å². The number of hydrogen-bond donors (Lipinski definition) is 1. The molecule has 1 amide bonds. The molecule has 1 heterocycles. The van der Waals surface area contributed by atoms with Gasteiger partial charge in [-0.1, -0.05) is 29.8 Å². The van der Waals surface area contributed by atoms with Crippen molar-refractivity contribution in [3.63, 3.8) is 0 Å². The van der Waals surface area contributed by atoms with Crippen LogP contribution in [-0.2, 0) is 10.5 Å². The van der Waals surface area contributed by atoms with E-state index in [9.17, 15) is 9.18 Å². The van der Waals surface area contributed by atoms with Gasteiger partial charge in [0.15, 0.2) is 0 Å². The number of piperazine rings is 1. The minimum Gasteiger partial charge on any atom is -0.369 e. The van der Waals surface area contributed by atoms with Gasteiger partial charge in [0.1, 0.15) is 5.82 Å². The third kappa shape index (κ3) is 6.53. The van der Waals surface area contributed by atoms with Crippen LogP contribution in [0.3, 0.4) is 0 Å². The first-order valence-corrected chi connectivity index (χ1v) is 10.9.